The molecule has 1 heterocycles. The molecular weight excluding hydrogens is 907 g/mol. The summed E-state index contributed by atoms with van der Waals surface area (Å²) in [4.78, 5) is 11.0. The molecular formula is C28H25Br3Cl3IrO2. The maximum absolute atomic E-state index is 11.0. The third-order valence-corrected chi connectivity index (χ3v) is 8.43. The van der Waals surface area contributed by atoms with Crippen molar-refractivity contribution in [3.63, 3.8) is 0 Å². The van der Waals surface area contributed by atoms with E-state index in [0.29, 0.717) is 30.8 Å². The number of ether oxygens (including phenoxy) is 1. The number of halogens is 6. The van der Waals surface area contributed by atoms with Crippen molar-refractivity contribution in [2.45, 2.75) is 45.3 Å². The van der Waals surface area contributed by atoms with Gasteiger partial charge in [-0.05, 0) is 58.0 Å². The number of epoxide rings is 1. The Morgan fingerprint density at radius 2 is 1.41 bits per heavy atom. The number of carbonyl (C=O) groups excluding carboxylic acids is 1. The van der Waals surface area contributed by atoms with Crippen molar-refractivity contribution < 1.29 is 23.0 Å². The van der Waals surface area contributed by atoms with Gasteiger partial charge in [-0.2, -0.15) is 0 Å². The molecule has 0 saturated carbocycles. The zero-order chi connectivity index (χ0) is 25.8. The van der Waals surface area contributed by atoms with Crippen LogP contribution in [0.5, 0.6) is 0 Å². The van der Waals surface area contributed by atoms with Crippen LogP contribution in [0.2, 0.25) is 0 Å². The quantitative estimate of drug-likeness (QED) is 0.210. The first-order valence-electron chi connectivity index (χ1n) is 11.0. The fourth-order valence-corrected chi connectivity index (χ4v) is 6.15. The van der Waals surface area contributed by atoms with E-state index in [2.05, 4.69) is 96.3 Å². The average molecular weight is 932 g/mol. The van der Waals surface area contributed by atoms with Crippen LogP contribution in [-0.4, -0.2) is 11.9 Å². The van der Waals surface area contributed by atoms with Gasteiger partial charge in [0.25, 0.3) is 0 Å². The van der Waals surface area contributed by atoms with Gasteiger partial charge in [-0.3, -0.25) is 4.79 Å². The van der Waals surface area contributed by atoms with Crippen LogP contribution in [-0.2, 0) is 48.7 Å². The van der Waals surface area contributed by atoms with E-state index in [4.69, 9.17) is 33.5 Å². The minimum absolute atomic E-state index is 0. The summed E-state index contributed by atoms with van der Waals surface area (Å²) in [6.45, 7) is 0. The van der Waals surface area contributed by atoms with E-state index in [0.717, 1.165) is 17.3 Å². The molecule has 4 aliphatic rings. The first-order chi connectivity index (χ1) is 17.2. The molecule has 1 fully saturated rings. The number of carbonyl (C=O) groups is 1. The Kier molecular flexibility index (Phi) is 12.4. The Hall–Kier alpha value is -0.0106. The fourth-order valence-electron chi connectivity index (χ4n) is 4.52. The predicted octanol–water partition coefficient (Wildman–Crippen LogP) is 10.3. The molecule has 3 aliphatic carbocycles. The summed E-state index contributed by atoms with van der Waals surface area (Å²) in [6, 6.07) is 18.6. The van der Waals surface area contributed by atoms with Crippen LogP contribution in [0.15, 0.2) is 74.1 Å². The molecule has 0 spiro atoms. The van der Waals surface area contributed by atoms with E-state index in [-0.39, 0.29) is 7.43 Å². The van der Waals surface area contributed by atoms with Gasteiger partial charge in [0, 0.05) is 32.7 Å². The normalized spacial score (nSPS) is 18.8. The number of ketones is 1. The van der Waals surface area contributed by atoms with E-state index in [1.807, 2.05) is 18.2 Å². The Balaban J connectivity index is 0.000000142. The van der Waals surface area contributed by atoms with E-state index in [1.54, 1.807) is 0 Å². The second kappa shape index (κ2) is 14.6. The number of allylic oxidation sites excluding steroid dienone is 1. The van der Waals surface area contributed by atoms with Crippen LogP contribution in [0.1, 0.15) is 46.9 Å². The van der Waals surface area contributed by atoms with Crippen molar-refractivity contribution in [1.29, 1.82) is 0 Å². The van der Waals surface area contributed by atoms with Gasteiger partial charge in [0.1, 0.15) is 11.9 Å². The maximum atomic E-state index is 11.0. The summed E-state index contributed by atoms with van der Waals surface area (Å²) >= 11 is 8.55. The fraction of sp³-hybridized carbons (Fsp3) is 0.250. The molecule has 0 radical (unpaired) electrons. The Bertz CT molecular complexity index is 1300. The molecule has 3 aromatic rings. The van der Waals surface area contributed by atoms with Crippen molar-refractivity contribution in [3.05, 3.63) is 107 Å². The molecule has 9 heteroatoms. The van der Waals surface area contributed by atoms with Gasteiger partial charge in [-0.15, -0.1) is 0 Å². The van der Waals surface area contributed by atoms with Gasteiger partial charge in [0.15, 0.2) is 0 Å². The second-order valence-corrected chi connectivity index (χ2v) is 21.4. The molecule has 0 aromatic heterocycles. The summed E-state index contributed by atoms with van der Waals surface area (Å²) in [6.07, 6.45) is 8.70. The van der Waals surface area contributed by atoms with Crippen molar-refractivity contribution in [3.8, 4) is 0 Å². The Labute approximate surface area is 261 Å². The van der Waals surface area contributed by atoms with Crippen molar-refractivity contribution in [2.75, 3.05) is 0 Å². The number of fused-ring (bicyclic) bond motifs is 5. The third-order valence-electron chi connectivity index (χ3n) is 6.20. The summed E-state index contributed by atoms with van der Waals surface area (Å²) in [7, 11) is 14.9. The Morgan fingerprint density at radius 1 is 0.811 bits per heavy atom. The van der Waals surface area contributed by atoms with E-state index < -0.39 is 13.5 Å². The van der Waals surface area contributed by atoms with Gasteiger partial charge in [0.05, 0.1) is 6.10 Å². The predicted molar refractivity (Wildman–Crippen MR) is 163 cm³/mol. The molecule has 0 bridgehead atoms. The molecule has 37 heavy (non-hydrogen) atoms. The van der Waals surface area contributed by atoms with E-state index in [1.165, 1.54) is 42.3 Å². The summed E-state index contributed by atoms with van der Waals surface area (Å²) in [5.41, 5.74) is 7.98. The van der Waals surface area contributed by atoms with Crippen LogP contribution in [0.25, 0.3) is 6.08 Å². The first kappa shape index (κ1) is 31.5. The second-order valence-electron chi connectivity index (χ2n) is 8.43. The zero-order valence-corrected chi connectivity index (χ0v) is 28.2. The molecule has 2 atom stereocenters. The molecule has 3 aromatic carbocycles. The number of hydrogen-bond acceptors (Lipinski definition) is 2. The van der Waals surface area contributed by atoms with Crippen molar-refractivity contribution >= 4 is 88.4 Å². The average Bonchev–Trinajstić information content (AvgIpc) is 3.15. The van der Waals surface area contributed by atoms with Crippen molar-refractivity contribution in [1.82, 2.24) is 0 Å². The molecule has 200 valence electrons. The van der Waals surface area contributed by atoms with Crippen LogP contribution in [0.3, 0.4) is 0 Å². The number of Topliss-reactive ketones (excluding diaryl/α,β-unsaturated/α-hetero) is 1. The molecule has 0 amide bonds. The monoisotopic (exact) mass is 928 g/mol. The van der Waals surface area contributed by atoms with Crippen LogP contribution >= 0.6 is 76.5 Å². The minimum atomic E-state index is -1.92. The van der Waals surface area contributed by atoms with Gasteiger partial charge >= 0.3 is 42.2 Å². The van der Waals surface area contributed by atoms with Gasteiger partial charge in [-0.1, -0.05) is 104 Å². The molecule has 1 saturated heterocycles. The summed E-state index contributed by atoms with van der Waals surface area (Å²) in [5.74, 6) is 0.326. The molecule has 7 rings (SSSR count). The van der Waals surface area contributed by atoms with Crippen LogP contribution in [0, 0.1) is 0 Å². The molecule has 1 aliphatic heterocycles. The Morgan fingerprint density at radius 3 is 2.03 bits per heavy atom. The van der Waals surface area contributed by atoms with Crippen molar-refractivity contribution in [2.24, 2.45) is 0 Å². The van der Waals surface area contributed by atoms with Gasteiger partial charge in [0.2, 0.25) is 0 Å². The van der Waals surface area contributed by atoms with E-state index >= 15 is 0 Å². The number of rotatable bonds is 0. The molecule has 0 N–H and O–H groups in total. The summed E-state index contributed by atoms with van der Waals surface area (Å²) < 4.78 is 8.96. The molecule has 2 nitrogen and oxygen atoms in total. The van der Waals surface area contributed by atoms with Crippen LogP contribution in [0.4, 0.5) is 0 Å². The summed E-state index contributed by atoms with van der Waals surface area (Å²) in [5, 5.41) is 0. The SMILES string of the molecule is Brc1cccc2c1CC1OC21.Brc1cccc2c1CC=C2.C.O=C1Cc2cccc(Br)c2C1.[Cl][Ir]([Cl])[Cl]. The van der Waals surface area contributed by atoms with Gasteiger partial charge in [-0.25, -0.2) is 0 Å². The third kappa shape index (κ3) is 8.49. The standard InChI is InChI=1S/2C9H7BrO.C9H7Br.CH4.3ClH.Ir/c10-7-3-1-2-5-6(7)4-8-9(5)11-8;10-9-3-1-2-6-4-7(11)5-8(6)9;10-9-6-2-4-7-3-1-5-8(7)9;;;;;/h1-3,8-9H,4H2;1-3H,4-5H2;1-4,6H,5H2;1H4;3*1H;/q;;;;;;;+3/p-3. The van der Waals surface area contributed by atoms with E-state index in [9.17, 15) is 4.79 Å². The number of hydrogen-bond donors (Lipinski definition) is 0. The number of benzene rings is 3. The van der Waals surface area contributed by atoms with Gasteiger partial charge < -0.3 is 4.74 Å². The molecule has 2 unspecified atom stereocenters. The first-order valence-corrected chi connectivity index (χ1v) is 22.3. The van der Waals surface area contributed by atoms with Crippen LogP contribution < -0.4 is 0 Å². The zero-order valence-electron chi connectivity index (χ0n) is 18.8. The topological polar surface area (TPSA) is 29.6 Å².